The van der Waals surface area contributed by atoms with Gasteiger partial charge in [0.15, 0.2) is 0 Å². The van der Waals surface area contributed by atoms with Crippen molar-refractivity contribution in [3.05, 3.63) is 158 Å². The van der Waals surface area contributed by atoms with Gasteiger partial charge < -0.3 is 4.57 Å². The van der Waals surface area contributed by atoms with E-state index in [2.05, 4.69) is 142 Å². The summed E-state index contributed by atoms with van der Waals surface area (Å²) < 4.78 is 4.44. The average Bonchev–Trinajstić information content (AvgIpc) is 3.65. The van der Waals surface area contributed by atoms with Gasteiger partial charge in [0.2, 0.25) is 0 Å². The van der Waals surface area contributed by atoms with Crippen molar-refractivity contribution in [1.29, 1.82) is 5.26 Å². The summed E-state index contributed by atoms with van der Waals surface area (Å²) in [4.78, 5) is 9.48. The molecule has 46 heavy (non-hydrogen) atoms. The van der Waals surface area contributed by atoms with Gasteiger partial charge in [-0.2, -0.15) is 5.26 Å². The second-order valence-corrected chi connectivity index (χ2v) is 11.4. The summed E-state index contributed by atoms with van der Waals surface area (Å²) in [6.07, 6.45) is 5.56. The zero-order chi connectivity index (χ0) is 30.6. The van der Waals surface area contributed by atoms with Crippen molar-refractivity contribution in [2.75, 3.05) is 0 Å². The highest BCUT2D eigenvalue weighted by Gasteiger charge is 2.15. The Kier molecular flexibility index (Phi) is 5.81. The fourth-order valence-electron chi connectivity index (χ4n) is 6.82. The van der Waals surface area contributed by atoms with Gasteiger partial charge in [0.05, 0.1) is 33.7 Å². The van der Waals surface area contributed by atoms with E-state index in [4.69, 9.17) is 4.98 Å². The van der Waals surface area contributed by atoms with Crippen LogP contribution in [0.15, 0.2) is 152 Å². The standard InChI is InChI=1S/C41H25N5/c42-23-28-22-31(45-37-13-5-1-9-33(37)34-10-2-6-14-38(34)45)18-19-32(28)30-21-29(24-43-25-30)27-17-20-41(44-26-27)46-39-15-7-3-11-35(39)36-12-4-8-16-40(36)46/h1-22,24-26H. The highest BCUT2D eigenvalue weighted by molar-refractivity contribution is 6.10. The molecule has 0 aliphatic carbocycles. The molecule has 0 amide bonds. The zero-order valence-electron chi connectivity index (χ0n) is 24.7. The van der Waals surface area contributed by atoms with Crippen molar-refractivity contribution < 1.29 is 0 Å². The molecule has 0 saturated carbocycles. The molecule has 0 aliphatic heterocycles. The molecule has 4 aromatic heterocycles. The maximum Gasteiger partial charge on any atom is 0.137 e. The van der Waals surface area contributed by atoms with Crippen LogP contribution in [0, 0.1) is 11.3 Å². The molecule has 9 rings (SSSR count). The van der Waals surface area contributed by atoms with Crippen molar-refractivity contribution in [3.8, 4) is 39.8 Å². The lowest BCUT2D eigenvalue weighted by Gasteiger charge is -2.12. The van der Waals surface area contributed by atoms with Gasteiger partial charge in [-0.3, -0.25) is 9.55 Å². The predicted molar refractivity (Wildman–Crippen MR) is 186 cm³/mol. The van der Waals surface area contributed by atoms with E-state index in [0.29, 0.717) is 5.56 Å². The molecule has 5 heteroatoms. The number of hydrogen-bond acceptors (Lipinski definition) is 3. The number of para-hydroxylation sites is 4. The van der Waals surface area contributed by atoms with Crippen LogP contribution >= 0.6 is 0 Å². The molecule has 0 fully saturated rings. The van der Waals surface area contributed by atoms with Gasteiger partial charge in [-0.15, -0.1) is 0 Å². The summed E-state index contributed by atoms with van der Waals surface area (Å²) in [6.45, 7) is 0. The van der Waals surface area contributed by atoms with Gasteiger partial charge in [-0.25, -0.2) is 4.98 Å². The number of pyridine rings is 2. The van der Waals surface area contributed by atoms with E-state index >= 15 is 0 Å². The number of hydrogen-bond donors (Lipinski definition) is 0. The molecule has 4 heterocycles. The van der Waals surface area contributed by atoms with Crippen molar-refractivity contribution in [2.45, 2.75) is 0 Å². The van der Waals surface area contributed by atoms with Crippen LogP contribution in [-0.2, 0) is 0 Å². The molecule has 0 atom stereocenters. The average molecular weight is 588 g/mol. The highest BCUT2D eigenvalue weighted by Crippen LogP contribution is 2.35. The van der Waals surface area contributed by atoms with Crippen molar-refractivity contribution in [1.82, 2.24) is 19.1 Å². The molecule has 0 aliphatic rings. The number of nitriles is 1. The number of fused-ring (bicyclic) bond motifs is 6. The van der Waals surface area contributed by atoms with Crippen LogP contribution in [0.2, 0.25) is 0 Å². The van der Waals surface area contributed by atoms with E-state index in [9.17, 15) is 5.26 Å². The lowest BCUT2D eigenvalue weighted by atomic mass is 9.98. The second kappa shape index (κ2) is 10.3. The van der Waals surface area contributed by atoms with Crippen molar-refractivity contribution in [2.24, 2.45) is 0 Å². The summed E-state index contributed by atoms with van der Waals surface area (Å²) in [7, 11) is 0. The van der Waals surface area contributed by atoms with Crippen molar-refractivity contribution >= 4 is 43.6 Å². The third kappa shape index (κ3) is 3.94. The van der Waals surface area contributed by atoms with Gasteiger partial charge in [0.1, 0.15) is 5.82 Å². The molecule has 0 radical (unpaired) electrons. The predicted octanol–water partition coefficient (Wildman–Crippen LogP) is 9.88. The summed E-state index contributed by atoms with van der Waals surface area (Å²) >= 11 is 0. The lowest BCUT2D eigenvalue weighted by Crippen LogP contribution is -1.97. The Morgan fingerprint density at radius 3 is 1.57 bits per heavy atom. The molecule has 0 unspecified atom stereocenters. The van der Waals surface area contributed by atoms with Crippen LogP contribution in [0.1, 0.15) is 5.56 Å². The van der Waals surface area contributed by atoms with Gasteiger partial charge in [0.25, 0.3) is 0 Å². The molecule has 5 nitrogen and oxygen atoms in total. The van der Waals surface area contributed by atoms with Gasteiger partial charge >= 0.3 is 0 Å². The van der Waals surface area contributed by atoms with Gasteiger partial charge in [-0.05, 0) is 54.6 Å². The summed E-state index contributed by atoms with van der Waals surface area (Å²) in [6, 6.07) is 48.4. The largest absolute Gasteiger partial charge is 0.309 e. The quantitative estimate of drug-likeness (QED) is 0.206. The minimum atomic E-state index is 0.596. The first-order valence-corrected chi connectivity index (χ1v) is 15.2. The Bertz CT molecular complexity index is 2550. The number of nitrogens with zero attached hydrogens (tertiary/aromatic N) is 5. The molecule has 0 saturated heterocycles. The van der Waals surface area contributed by atoms with Crippen LogP contribution in [0.4, 0.5) is 0 Å². The van der Waals surface area contributed by atoms with Crippen LogP contribution < -0.4 is 0 Å². The Labute approximate surface area is 264 Å². The van der Waals surface area contributed by atoms with Crippen LogP contribution in [0.3, 0.4) is 0 Å². The molecule has 5 aromatic carbocycles. The first-order chi connectivity index (χ1) is 22.8. The van der Waals surface area contributed by atoms with E-state index in [1.165, 1.54) is 21.5 Å². The Balaban J connectivity index is 1.10. The number of benzene rings is 5. The highest BCUT2D eigenvalue weighted by atomic mass is 15.1. The Hall–Kier alpha value is -6.51. The van der Waals surface area contributed by atoms with Gasteiger partial charge in [-0.1, -0.05) is 78.9 Å². The summed E-state index contributed by atoms with van der Waals surface area (Å²) in [5, 5.41) is 15.1. The van der Waals surface area contributed by atoms with E-state index in [1.807, 2.05) is 30.7 Å². The molecule has 0 bridgehead atoms. The zero-order valence-corrected chi connectivity index (χ0v) is 24.7. The Morgan fingerprint density at radius 1 is 0.478 bits per heavy atom. The first kappa shape index (κ1) is 25.9. The summed E-state index contributed by atoms with van der Waals surface area (Å²) in [5.41, 5.74) is 9.65. The lowest BCUT2D eigenvalue weighted by molar-refractivity contribution is 1.08. The van der Waals surface area contributed by atoms with Crippen molar-refractivity contribution in [3.63, 3.8) is 0 Å². The third-order valence-corrected chi connectivity index (χ3v) is 8.90. The van der Waals surface area contributed by atoms with E-state index in [1.54, 1.807) is 0 Å². The molecule has 9 aromatic rings. The summed E-state index contributed by atoms with van der Waals surface area (Å²) in [5.74, 6) is 0.859. The molecule has 0 spiro atoms. The molecule has 214 valence electrons. The molecular formula is C41H25N5. The normalized spacial score (nSPS) is 11.5. The SMILES string of the molecule is N#Cc1cc(-n2c3ccccc3c3ccccc32)ccc1-c1cncc(-c2ccc(-n3c4ccccc4c4ccccc43)nc2)c1. The maximum absolute atomic E-state index is 10.3. The topological polar surface area (TPSA) is 59.4 Å². The van der Waals surface area contributed by atoms with E-state index in [-0.39, 0.29) is 0 Å². The monoisotopic (exact) mass is 587 g/mol. The first-order valence-electron chi connectivity index (χ1n) is 15.2. The van der Waals surface area contributed by atoms with E-state index < -0.39 is 0 Å². The van der Waals surface area contributed by atoms with E-state index in [0.717, 1.165) is 55.8 Å². The second-order valence-electron chi connectivity index (χ2n) is 11.4. The fraction of sp³-hybridized carbons (Fsp3) is 0. The maximum atomic E-state index is 10.3. The van der Waals surface area contributed by atoms with Crippen LogP contribution in [0.5, 0.6) is 0 Å². The number of aromatic nitrogens is 4. The van der Waals surface area contributed by atoms with Crippen LogP contribution in [-0.4, -0.2) is 19.1 Å². The third-order valence-electron chi connectivity index (χ3n) is 8.90. The molecular weight excluding hydrogens is 562 g/mol. The fourth-order valence-corrected chi connectivity index (χ4v) is 6.82. The minimum absolute atomic E-state index is 0.596. The van der Waals surface area contributed by atoms with Crippen LogP contribution in [0.25, 0.3) is 77.4 Å². The minimum Gasteiger partial charge on any atom is -0.309 e. The number of rotatable bonds is 4. The van der Waals surface area contributed by atoms with Gasteiger partial charge in [0, 0.05) is 68.1 Å². The Morgan fingerprint density at radius 2 is 1.02 bits per heavy atom. The smallest absolute Gasteiger partial charge is 0.137 e. The molecule has 0 N–H and O–H groups in total.